The van der Waals surface area contributed by atoms with Crippen molar-refractivity contribution >= 4 is 11.3 Å². The van der Waals surface area contributed by atoms with Gasteiger partial charge in [-0.25, -0.2) is 4.98 Å². The number of aromatic nitrogens is 1. The molecule has 80 valence electrons. The number of rotatable bonds is 6. The second-order valence-corrected chi connectivity index (χ2v) is 4.58. The van der Waals surface area contributed by atoms with Gasteiger partial charge in [-0.3, -0.25) is 0 Å². The Kier molecular flexibility index (Phi) is 4.51. The topological polar surface area (TPSA) is 50.9 Å². The first-order valence-electron chi connectivity index (χ1n) is 5.08. The zero-order chi connectivity index (χ0) is 10.4. The van der Waals surface area contributed by atoms with Crippen LogP contribution in [0.25, 0.3) is 0 Å². The Morgan fingerprint density at radius 1 is 1.50 bits per heavy atom. The van der Waals surface area contributed by atoms with Crippen LogP contribution in [-0.4, -0.2) is 17.1 Å². The van der Waals surface area contributed by atoms with Crippen LogP contribution in [0.2, 0.25) is 0 Å². The Bertz CT molecular complexity index is 242. The third-order valence-corrected chi connectivity index (χ3v) is 3.42. The van der Waals surface area contributed by atoms with Crippen LogP contribution >= 0.6 is 11.3 Å². The molecule has 14 heavy (non-hydrogen) atoms. The van der Waals surface area contributed by atoms with E-state index in [0.717, 1.165) is 30.9 Å². The normalized spacial score (nSPS) is 11.9. The van der Waals surface area contributed by atoms with Gasteiger partial charge in [0.1, 0.15) is 5.01 Å². The summed E-state index contributed by atoms with van der Waals surface area (Å²) in [5.74, 6) is 0. The van der Waals surface area contributed by atoms with Crippen LogP contribution in [-0.2, 0) is 6.54 Å². The molecule has 3 nitrogen and oxygen atoms in total. The van der Waals surface area contributed by atoms with Gasteiger partial charge in [-0.15, -0.1) is 11.3 Å². The summed E-state index contributed by atoms with van der Waals surface area (Å²) >= 11 is 1.67. The van der Waals surface area contributed by atoms with Crippen molar-refractivity contribution in [1.29, 1.82) is 0 Å². The van der Waals surface area contributed by atoms with Crippen LogP contribution in [0.1, 0.15) is 31.7 Å². The standard InChI is InChI=1S/C10H19N3S/c1-3-10(11,4-2)8-12-7-9-13-5-6-14-9/h5-6,12H,3-4,7-8,11H2,1-2H3. The van der Waals surface area contributed by atoms with Crippen molar-refractivity contribution in [2.45, 2.75) is 38.8 Å². The lowest BCUT2D eigenvalue weighted by Gasteiger charge is -2.26. The van der Waals surface area contributed by atoms with Gasteiger partial charge in [0.05, 0.1) is 0 Å². The average molecular weight is 213 g/mol. The summed E-state index contributed by atoms with van der Waals surface area (Å²) in [6.07, 6.45) is 3.85. The minimum atomic E-state index is -0.0583. The first kappa shape index (κ1) is 11.6. The molecular weight excluding hydrogens is 194 g/mol. The maximum Gasteiger partial charge on any atom is 0.106 e. The quantitative estimate of drug-likeness (QED) is 0.757. The predicted octanol–water partition coefficient (Wildman–Crippen LogP) is 1.75. The maximum atomic E-state index is 6.16. The summed E-state index contributed by atoms with van der Waals surface area (Å²) < 4.78 is 0. The molecule has 0 aliphatic heterocycles. The monoisotopic (exact) mass is 213 g/mol. The van der Waals surface area contributed by atoms with E-state index in [1.165, 1.54) is 0 Å². The fourth-order valence-corrected chi connectivity index (χ4v) is 1.84. The highest BCUT2D eigenvalue weighted by Gasteiger charge is 2.19. The molecule has 0 bridgehead atoms. The molecule has 0 fully saturated rings. The van der Waals surface area contributed by atoms with E-state index in [-0.39, 0.29) is 5.54 Å². The molecule has 0 atom stereocenters. The number of nitrogens with zero attached hydrogens (tertiary/aromatic N) is 1. The van der Waals surface area contributed by atoms with Crippen molar-refractivity contribution in [3.8, 4) is 0 Å². The lowest BCUT2D eigenvalue weighted by Crippen LogP contribution is -2.47. The first-order valence-corrected chi connectivity index (χ1v) is 5.96. The zero-order valence-electron chi connectivity index (χ0n) is 8.92. The van der Waals surface area contributed by atoms with Gasteiger partial charge in [-0.1, -0.05) is 13.8 Å². The fraction of sp³-hybridized carbons (Fsp3) is 0.700. The fourth-order valence-electron chi connectivity index (χ4n) is 1.26. The lowest BCUT2D eigenvalue weighted by molar-refractivity contribution is 0.369. The first-order chi connectivity index (χ1) is 6.70. The molecule has 0 aliphatic carbocycles. The summed E-state index contributed by atoms with van der Waals surface area (Å²) in [6, 6.07) is 0. The van der Waals surface area contributed by atoms with E-state index in [0.29, 0.717) is 0 Å². The molecule has 1 rings (SSSR count). The molecule has 0 aromatic carbocycles. The third-order valence-electron chi connectivity index (χ3n) is 2.65. The van der Waals surface area contributed by atoms with Crippen molar-refractivity contribution in [1.82, 2.24) is 10.3 Å². The number of nitrogens with one attached hydrogen (secondary N) is 1. The predicted molar refractivity (Wildman–Crippen MR) is 61.3 cm³/mol. The number of thiazole rings is 1. The summed E-state index contributed by atoms with van der Waals surface area (Å²) in [5, 5.41) is 6.47. The van der Waals surface area contributed by atoms with Crippen LogP contribution < -0.4 is 11.1 Å². The second-order valence-electron chi connectivity index (χ2n) is 3.60. The van der Waals surface area contributed by atoms with Crippen LogP contribution in [0.3, 0.4) is 0 Å². The van der Waals surface area contributed by atoms with Crippen LogP contribution in [0.4, 0.5) is 0 Å². The number of hydrogen-bond donors (Lipinski definition) is 2. The average Bonchev–Trinajstić information content (AvgIpc) is 2.70. The molecule has 1 heterocycles. The van der Waals surface area contributed by atoms with E-state index in [2.05, 4.69) is 24.1 Å². The second kappa shape index (κ2) is 5.44. The van der Waals surface area contributed by atoms with Crippen LogP contribution in [0.5, 0.6) is 0 Å². The molecule has 1 aromatic heterocycles. The highest BCUT2D eigenvalue weighted by molar-refractivity contribution is 7.09. The lowest BCUT2D eigenvalue weighted by atomic mass is 9.94. The van der Waals surface area contributed by atoms with Crippen molar-refractivity contribution in [2.75, 3.05) is 6.54 Å². The van der Waals surface area contributed by atoms with E-state index in [9.17, 15) is 0 Å². The van der Waals surface area contributed by atoms with Gasteiger partial charge in [-0.2, -0.15) is 0 Å². The van der Waals surface area contributed by atoms with Gasteiger partial charge >= 0.3 is 0 Å². The van der Waals surface area contributed by atoms with Crippen molar-refractivity contribution in [3.63, 3.8) is 0 Å². The van der Waals surface area contributed by atoms with Crippen LogP contribution in [0.15, 0.2) is 11.6 Å². The van der Waals surface area contributed by atoms with Gasteiger partial charge in [0.15, 0.2) is 0 Å². The molecule has 3 N–H and O–H groups in total. The summed E-state index contributed by atoms with van der Waals surface area (Å²) in [6.45, 7) is 5.96. The van der Waals surface area contributed by atoms with Gasteiger partial charge < -0.3 is 11.1 Å². The molecule has 0 spiro atoms. The highest BCUT2D eigenvalue weighted by Crippen LogP contribution is 2.10. The molecule has 0 aliphatic rings. The van der Waals surface area contributed by atoms with Gasteiger partial charge in [0.25, 0.3) is 0 Å². The summed E-state index contributed by atoms with van der Waals surface area (Å²) in [7, 11) is 0. The molecule has 0 unspecified atom stereocenters. The number of nitrogens with two attached hydrogens (primary N) is 1. The molecule has 0 amide bonds. The van der Waals surface area contributed by atoms with Crippen molar-refractivity contribution in [2.24, 2.45) is 5.73 Å². The van der Waals surface area contributed by atoms with E-state index in [1.54, 1.807) is 11.3 Å². The SMILES string of the molecule is CCC(N)(CC)CNCc1nccs1. The molecule has 1 aromatic rings. The smallest absolute Gasteiger partial charge is 0.106 e. The van der Waals surface area contributed by atoms with E-state index >= 15 is 0 Å². The molecular formula is C10H19N3S. The minimum Gasteiger partial charge on any atom is -0.324 e. The maximum absolute atomic E-state index is 6.16. The Morgan fingerprint density at radius 3 is 2.71 bits per heavy atom. The zero-order valence-corrected chi connectivity index (χ0v) is 9.73. The van der Waals surface area contributed by atoms with Gasteiger partial charge in [-0.05, 0) is 12.8 Å². The molecule has 0 saturated carbocycles. The summed E-state index contributed by atoms with van der Waals surface area (Å²) in [4.78, 5) is 4.20. The summed E-state index contributed by atoms with van der Waals surface area (Å²) in [5.41, 5.74) is 6.10. The Morgan fingerprint density at radius 2 is 2.21 bits per heavy atom. The van der Waals surface area contributed by atoms with Crippen molar-refractivity contribution < 1.29 is 0 Å². The Balaban J connectivity index is 2.27. The van der Waals surface area contributed by atoms with E-state index in [1.807, 2.05) is 11.6 Å². The van der Waals surface area contributed by atoms with E-state index in [4.69, 9.17) is 5.73 Å². The van der Waals surface area contributed by atoms with E-state index < -0.39 is 0 Å². The Labute approximate surface area is 89.7 Å². The van der Waals surface area contributed by atoms with Gasteiger partial charge in [0, 0.05) is 30.2 Å². The highest BCUT2D eigenvalue weighted by atomic mass is 32.1. The molecule has 0 radical (unpaired) electrons. The molecule has 4 heteroatoms. The van der Waals surface area contributed by atoms with Gasteiger partial charge in [0.2, 0.25) is 0 Å². The Hall–Kier alpha value is -0.450. The minimum absolute atomic E-state index is 0.0583. The third kappa shape index (κ3) is 3.36. The largest absolute Gasteiger partial charge is 0.324 e. The number of hydrogen-bond acceptors (Lipinski definition) is 4. The molecule has 0 saturated heterocycles. The van der Waals surface area contributed by atoms with Crippen LogP contribution in [0, 0.1) is 0 Å². The van der Waals surface area contributed by atoms with Crippen molar-refractivity contribution in [3.05, 3.63) is 16.6 Å².